The number of hydrogen-bond donors (Lipinski definition) is 2. The molecule has 0 aromatic heterocycles. The van der Waals surface area contributed by atoms with Crippen molar-refractivity contribution in [2.75, 3.05) is 0 Å². The van der Waals surface area contributed by atoms with Gasteiger partial charge in [-0.05, 0) is 0 Å². The molecular formula is C19H23N2O+. The Labute approximate surface area is 131 Å². The lowest BCUT2D eigenvalue weighted by Gasteiger charge is -2.37. The van der Waals surface area contributed by atoms with Gasteiger partial charge in [0.2, 0.25) is 0 Å². The summed E-state index contributed by atoms with van der Waals surface area (Å²) in [7, 11) is 0. The summed E-state index contributed by atoms with van der Waals surface area (Å²) in [6, 6.07) is 21.5. The van der Waals surface area contributed by atoms with E-state index in [1.54, 1.807) is 0 Å². The first-order chi connectivity index (χ1) is 10.7. The summed E-state index contributed by atoms with van der Waals surface area (Å²) >= 11 is 0. The lowest BCUT2D eigenvalue weighted by molar-refractivity contribution is -0.747. The summed E-state index contributed by atoms with van der Waals surface area (Å²) in [5.41, 5.74) is 3.46. The Balaban J connectivity index is 1.99. The summed E-state index contributed by atoms with van der Waals surface area (Å²) < 4.78 is 0. The average molecular weight is 295 g/mol. The van der Waals surface area contributed by atoms with Crippen LogP contribution in [0.25, 0.3) is 0 Å². The van der Waals surface area contributed by atoms with E-state index in [2.05, 4.69) is 72.9 Å². The quantitative estimate of drug-likeness (QED) is 0.649. The molecule has 0 radical (unpaired) electrons. The predicted octanol–water partition coefficient (Wildman–Crippen LogP) is 3.15. The zero-order valence-corrected chi connectivity index (χ0v) is 13.1. The number of rotatable bonds is 2. The number of oxime groups is 1. The van der Waals surface area contributed by atoms with E-state index in [4.69, 9.17) is 0 Å². The van der Waals surface area contributed by atoms with E-state index in [0.29, 0.717) is 0 Å². The van der Waals surface area contributed by atoms with E-state index in [1.807, 2.05) is 12.1 Å². The SMILES string of the molecule is C[C@@H]1C(=NO)[C@@H](C)[C@@H](c2ccccc2)[NH2+][C@@H]1c1ccccc1. The van der Waals surface area contributed by atoms with Gasteiger partial charge in [-0.2, -0.15) is 0 Å². The Kier molecular flexibility index (Phi) is 4.25. The van der Waals surface area contributed by atoms with Gasteiger partial charge in [0.15, 0.2) is 0 Å². The van der Waals surface area contributed by atoms with Crippen molar-refractivity contribution in [3.8, 4) is 0 Å². The van der Waals surface area contributed by atoms with Gasteiger partial charge in [0.1, 0.15) is 12.1 Å². The highest BCUT2D eigenvalue weighted by Gasteiger charge is 2.42. The molecule has 1 saturated heterocycles. The van der Waals surface area contributed by atoms with Crippen LogP contribution in [-0.4, -0.2) is 10.9 Å². The molecule has 0 spiro atoms. The van der Waals surface area contributed by atoms with Crippen molar-refractivity contribution in [1.82, 2.24) is 0 Å². The summed E-state index contributed by atoms with van der Waals surface area (Å²) in [4.78, 5) is 0. The maximum Gasteiger partial charge on any atom is 0.120 e. The zero-order valence-electron chi connectivity index (χ0n) is 13.1. The number of nitrogens with zero attached hydrogens (tertiary/aromatic N) is 1. The molecule has 1 fully saturated rings. The van der Waals surface area contributed by atoms with Gasteiger partial charge >= 0.3 is 0 Å². The van der Waals surface area contributed by atoms with Gasteiger partial charge in [-0.3, -0.25) is 0 Å². The number of hydrogen-bond acceptors (Lipinski definition) is 2. The summed E-state index contributed by atoms with van der Waals surface area (Å²) in [6.07, 6.45) is 0. The number of nitrogens with two attached hydrogens (primary N) is 1. The molecule has 1 aliphatic heterocycles. The molecule has 0 saturated carbocycles. The molecule has 3 rings (SSSR count). The fraction of sp³-hybridized carbons (Fsp3) is 0.316. The second-order valence-electron chi connectivity index (χ2n) is 6.17. The monoisotopic (exact) mass is 295 g/mol. The third kappa shape index (κ3) is 2.64. The molecule has 0 amide bonds. The van der Waals surface area contributed by atoms with E-state index < -0.39 is 0 Å². The molecule has 114 valence electrons. The molecule has 2 aromatic rings. The van der Waals surface area contributed by atoms with Crippen molar-refractivity contribution < 1.29 is 10.5 Å². The molecule has 0 aliphatic carbocycles. The van der Waals surface area contributed by atoms with E-state index >= 15 is 0 Å². The van der Waals surface area contributed by atoms with Crippen molar-refractivity contribution in [2.45, 2.75) is 25.9 Å². The molecule has 22 heavy (non-hydrogen) atoms. The van der Waals surface area contributed by atoms with Crippen LogP contribution in [0.3, 0.4) is 0 Å². The van der Waals surface area contributed by atoms with E-state index in [1.165, 1.54) is 11.1 Å². The standard InChI is InChI=1S/C19H22N2O/c1-13-17(21-22)14(2)19(16-11-7-4-8-12-16)20-18(13)15-9-5-3-6-10-15/h3-14,18-20,22H,1-2H3/p+1/t13-,14-,18+,19+/m1/s1. The first kappa shape index (κ1) is 14.8. The van der Waals surface area contributed by atoms with Gasteiger partial charge in [-0.25, -0.2) is 0 Å². The Morgan fingerprint density at radius 2 is 1.18 bits per heavy atom. The Morgan fingerprint density at radius 3 is 1.55 bits per heavy atom. The van der Waals surface area contributed by atoms with Crippen LogP contribution in [-0.2, 0) is 0 Å². The van der Waals surface area contributed by atoms with Crippen LogP contribution in [0.2, 0.25) is 0 Å². The molecule has 3 heteroatoms. The van der Waals surface area contributed by atoms with Crippen molar-refractivity contribution in [1.29, 1.82) is 0 Å². The highest BCUT2D eigenvalue weighted by molar-refractivity contribution is 5.89. The van der Waals surface area contributed by atoms with Gasteiger partial charge in [0.05, 0.1) is 17.5 Å². The highest BCUT2D eigenvalue weighted by atomic mass is 16.4. The minimum Gasteiger partial charge on any atom is -0.411 e. The molecule has 1 aliphatic rings. The van der Waals surface area contributed by atoms with Crippen LogP contribution in [0.5, 0.6) is 0 Å². The van der Waals surface area contributed by atoms with E-state index in [-0.39, 0.29) is 23.9 Å². The fourth-order valence-corrected chi connectivity index (χ4v) is 3.67. The molecule has 4 atom stereocenters. The van der Waals surface area contributed by atoms with Crippen molar-refractivity contribution in [3.05, 3.63) is 71.8 Å². The molecule has 3 nitrogen and oxygen atoms in total. The minimum absolute atomic E-state index is 0.211. The largest absolute Gasteiger partial charge is 0.411 e. The highest BCUT2D eigenvalue weighted by Crippen LogP contribution is 2.33. The predicted molar refractivity (Wildman–Crippen MR) is 87.8 cm³/mol. The van der Waals surface area contributed by atoms with Gasteiger partial charge in [0.25, 0.3) is 0 Å². The van der Waals surface area contributed by atoms with Gasteiger partial charge in [-0.1, -0.05) is 79.7 Å². The van der Waals surface area contributed by atoms with Crippen LogP contribution >= 0.6 is 0 Å². The topological polar surface area (TPSA) is 49.2 Å². The number of quaternary nitrogens is 1. The van der Waals surface area contributed by atoms with E-state index in [9.17, 15) is 5.21 Å². The third-order valence-electron chi connectivity index (χ3n) is 4.91. The van der Waals surface area contributed by atoms with Crippen molar-refractivity contribution >= 4 is 5.71 Å². The lowest BCUT2D eigenvalue weighted by atomic mass is 9.75. The maximum atomic E-state index is 9.54. The van der Waals surface area contributed by atoms with Gasteiger partial charge < -0.3 is 10.5 Å². The van der Waals surface area contributed by atoms with Crippen LogP contribution in [0.1, 0.15) is 37.1 Å². The first-order valence-electron chi connectivity index (χ1n) is 7.89. The van der Waals surface area contributed by atoms with Crippen LogP contribution in [0, 0.1) is 11.8 Å². The Bertz CT molecular complexity index is 585. The fourth-order valence-electron chi connectivity index (χ4n) is 3.67. The average Bonchev–Trinajstić information content (AvgIpc) is 2.57. The number of benzene rings is 2. The molecule has 3 N–H and O–H groups in total. The first-order valence-corrected chi connectivity index (χ1v) is 7.89. The van der Waals surface area contributed by atoms with E-state index in [0.717, 1.165) is 5.71 Å². The molecular weight excluding hydrogens is 272 g/mol. The summed E-state index contributed by atoms with van der Waals surface area (Å²) in [6.45, 7) is 4.31. The Hall–Kier alpha value is -2.13. The Morgan fingerprint density at radius 1 is 0.773 bits per heavy atom. The van der Waals surface area contributed by atoms with Gasteiger partial charge in [-0.15, -0.1) is 0 Å². The smallest absolute Gasteiger partial charge is 0.120 e. The van der Waals surface area contributed by atoms with Crippen molar-refractivity contribution in [3.63, 3.8) is 0 Å². The second kappa shape index (κ2) is 6.32. The van der Waals surface area contributed by atoms with Crippen LogP contribution in [0.4, 0.5) is 0 Å². The summed E-state index contributed by atoms with van der Waals surface area (Å²) in [5, 5.41) is 15.6. The zero-order chi connectivity index (χ0) is 15.5. The van der Waals surface area contributed by atoms with Gasteiger partial charge in [0, 0.05) is 11.1 Å². The molecule has 1 heterocycles. The van der Waals surface area contributed by atoms with Crippen LogP contribution < -0.4 is 5.32 Å². The third-order valence-corrected chi connectivity index (χ3v) is 4.91. The number of piperidine rings is 1. The second-order valence-corrected chi connectivity index (χ2v) is 6.17. The van der Waals surface area contributed by atoms with Crippen LogP contribution in [0.15, 0.2) is 65.8 Å². The molecule has 0 unspecified atom stereocenters. The summed E-state index contributed by atoms with van der Waals surface area (Å²) in [5.74, 6) is 0.421. The normalized spacial score (nSPS) is 28.4. The maximum absolute atomic E-state index is 9.54. The molecule has 2 aromatic carbocycles. The van der Waals surface area contributed by atoms with Crippen molar-refractivity contribution in [2.24, 2.45) is 17.0 Å². The molecule has 0 bridgehead atoms. The lowest BCUT2D eigenvalue weighted by Crippen LogP contribution is -2.91. The minimum atomic E-state index is 0.211.